The third-order valence-corrected chi connectivity index (χ3v) is 4.62. The summed E-state index contributed by atoms with van der Waals surface area (Å²) in [5.41, 5.74) is -0.330. The Balaban J connectivity index is 1.58. The van der Waals surface area contributed by atoms with E-state index in [1.165, 1.54) is 0 Å². The van der Waals surface area contributed by atoms with Crippen molar-refractivity contribution in [1.82, 2.24) is 5.32 Å². The first kappa shape index (κ1) is 11.7. The van der Waals surface area contributed by atoms with Crippen molar-refractivity contribution in [2.75, 3.05) is 0 Å². The van der Waals surface area contributed by atoms with Crippen LogP contribution in [0.3, 0.4) is 0 Å². The molecule has 0 unspecified atom stereocenters. The monoisotopic (exact) mass is 251 g/mol. The fraction of sp³-hybridized carbons (Fsp3) is 0.692. The number of hydrogen-bond donors (Lipinski definition) is 3. The second-order valence-corrected chi connectivity index (χ2v) is 5.75. The number of aliphatic hydroxyl groups excluding tert-OH is 1. The predicted octanol–water partition coefficient (Wildman–Crippen LogP) is 0.293. The summed E-state index contributed by atoms with van der Waals surface area (Å²) in [7, 11) is 0. The Hall–Kier alpha value is -1.36. The lowest BCUT2D eigenvalue weighted by atomic mass is 9.80. The Kier molecular flexibility index (Phi) is 2.48. The molecule has 0 aromatic rings. The van der Waals surface area contributed by atoms with Gasteiger partial charge in [-0.2, -0.15) is 0 Å². The molecular formula is C13H17NO4. The van der Waals surface area contributed by atoms with Crippen molar-refractivity contribution < 1.29 is 19.8 Å². The molecule has 0 radical (unpaired) electrons. The maximum atomic E-state index is 12.1. The van der Waals surface area contributed by atoms with Crippen molar-refractivity contribution in [3.63, 3.8) is 0 Å². The number of hydrogen-bond acceptors (Lipinski definition) is 3. The number of nitrogens with one attached hydrogen (secondary N) is 1. The second-order valence-electron chi connectivity index (χ2n) is 5.75. The lowest BCUT2D eigenvalue weighted by Crippen LogP contribution is -2.47. The van der Waals surface area contributed by atoms with Crippen LogP contribution in [0, 0.1) is 17.3 Å². The van der Waals surface area contributed by atoms with Crippen molar-refractivity contribution in [3.8, 4) is 0 Å². The number of aliphatic carboxylic acids is 1. The minimum Gasteiger partial charge on any atom is -0.481 e. The van der Waals surface area contributed by atoms with Gasteiger partial charge in [0.05, 0.1) is 17.4 Å². The Labute approximate surface area is 105 Å². The zero-order valence-electron chi connectivity index (χ0n) is 10.0. The largest absolute Gasteiger partial charge is 0.481 e. The molecule has 0 aliphatic heterocycles. The Morgan fingerprint density at radius 1 is 1.33 bits per heavy atom. The fourth-order valence-corrected chi connectivity index (χ4v) is 3.29. The summed E-state index contributed by atoms with van der Waals surface area (Å²) in [6.45, 7) is 0. The van der Waals surface area contributed by atoms with Gasteiger partial charge in [0.1, 0.15) is 0 Å². The number of rotatable bonds is 3. The Morgan fingerprint density at radius 2 is 2.11 bits per heavy atom. The molecule has 3 rings (SSSR count). The molecule has 3 N–H and O–H groups in total. The number of carbonyl (C=O) groups is 2. The minimum atomic E-state index is -0.805. The SMILES string of the molecule is O=C(O)[C@H]1CC=C[C@H](NC(=O)[C@]23C[C@@H](O)[C@H]2C3)C1. The highest BCUT2D eigenvalue weighted by atomic mass is 16.4. The zero-order chi connectivity index (χ0) is 12.9. The highest BCUT2D eigenvalue weighted by Crippen LogP contribution is 2.67. The third-order valence-electron chi connectivity index (χ3n) is 4.62. The van der Waals surface area contributed by atoms with E-state index in [0.29, 0.717) is 19.3 Å². The number of fused-ring (bicyclic) bond motifs is 1. The molecule has 5 atom stereocenters. The number of carboxylic acid groups (broad SMARTS) is 1. The van der Waals surface area contributed by atoms with Crippen LogP contribution in [0.15, 0.2) is 12.2 Å². The molecule has 2 saturated carbocycles. The van der Waals surface area contributed by atoms with Gasteiger partial charge in [-0.05, 0) is 25.7 Å². The Morgan fingerprint density at radius 3 is 2.67 bits per heavy atom. The summed E-state index contributed by atoms with van der Waals surface area (Å²) < 4.78 is 0. The number of allylic oxidation sites excluding steroid dienone is 1. The third kappa shape index (κ3) is 1.65. The van der Waals surface area contributed by atoms with Crippen molar-refractivity contribution in [2.45, 2.75) is 37.8 Å². The van der Waals surface area contributed by atoms with E-state index < -0.39 is 11.9 Å². The number of carbonyl (C=O) groups excluding carboxylic acids is 1. The molecule has 0 aromatic carbocycles. The molecule has 5 heteroatoms. The van der Waals surface area contributed by atoms with Crippen molar-refractivity contribution in [3.05, 3.63) is 12.2 Å². The zero-order valence-corrected chi connectivity index (χ0v) is 10.0. The molecule has 0 heterocycles. The van der Waals surface area contributed by atoms with Gasteiger partial charge in [-0.15, -0.1) is 0 Å². The smallest absolute Gasteiger partial charge is 0.306 e. The normalized spacial score (nSPS) is 44.7. The van der Waals surface area contributed by atoms with E-state index in [4.69, 9.17) is 5.11 Å². The fourth-order valence-electron chi connectivity index (χ4n) is 3.29. The van der Waals surface area contributed by atoms with E-state index in [2.05, 4.69) is 5.32 Å². The van der Waals surface area contributed by atoms with E-state index in [9.17, 15) is 14.7 Å². The lowest BCUT2D eigenvalue weighted by Gasteiger charge is -2.32. The molecule has 18 heavy (non-hydrogen) atoms. The van der Waals surface area contributed by atoms with Crippen LogP contribution in [0.4, 0.5) is 0 Å². The van der Waals surface area contributed by atoms with E-state index in [1.54, 1.807) is 0 Å². The van der Waals surface area contributed by atoms with Crippen LogP contribution >= 0.6 is 0 Å². The van der Waals surface area contributed by atoms with Gasteiger partial charge in [0.2, 0.25) is 5.91 Å². The first-order valence-electron chi connectivity index (χ1n) is 6.41. The van der Waals surface area contributed by atoms with Crippen molar-refractivity contribution >= 4 is 11.9 Å². The molecular weight excluding hydrogens is 234 g/mol. The molecule has 1 amide bonds. The molecule has 3 aliphatic carbocycles. The van der Waals surface area contributed by atoms with E-state index in [1.807, 2.05) is 12.2 Å². The summed E-state index contributed by atoms with van der Waals surface area (Å²) in [6, 6.07) is -0.180. The van der Waals surface area contributed by atoms with Gasteiger partial charge in [0.15, 0.2) is 0 Å². The van der Waals surface area contributed by atoms with Crippen LogP contribution in [0.25, 0.3) is 0 Å². The highest BCUT2D eigenvalue weighted by molar-refractivity contribution is 5.88. The summed E-state index contributed by atoms with van der Waals surface area (Å²) >= 11 is 0. The summed E-state index contributed by atoms with van der Waals surface area (Å²) in [4.78, 5) is 23.0. The first-order valence-corrected chi connectivity index (χ1v) is 6.41. The molecule has 0 spiro atoms. The van der Waals surface area contributed by atoms with Crippen LogP contribution in [0.2, 0.25) is 0 Å². The predicted molar refractivity (Wildman–Crippen MR) is 62.6 cm³/mol. The van der Waals surface area contributed by atoms with Gasteiger partial charge in [-0.3, -0.25) is 9.59 Å². The van der Waals surface area contributed by atoms with Gasteiger partial charge in [-0.25, -0.2) is 0 Å². The number of carboxylic acids is 1. The molecule has 0 aromatic heterocycles. The molecule has 0 bridgehead atoms. The maximum Gasteiger partial charge on any atom is 0.306 e. The molecule has 5 nitrogen and oxygen atoms in total. The van der Waals surface area contributed by atoms with Gasteiger partial charge in [-0.1, -0.05) is 12.2 Å². The highest BCUT2D eigenvalue weighted by Gasteiger charge is 2.71. The van der Waals surface area contributed by atoms with Gasteiger partial charge >= 0.3 is 5.97 Å². The first-order chi connectivity index (χ1) is 8.53. The quantitative estimate of drug-likeness (QED) is 0.629. The van der Waals surface area contributed by atoms with Crippen molar-refractivity contribution in [1.29, 1.82) is 0 Å². The number of amides is 1. The second kappa shape index (κ2) is 3.82. The average molecular weight is 251 g/mol. The van der Waals surface area contributed by atoms with Crippen LogP contribution in [-0.4, -0.2) is 34.2 Å². The van der Waals surface area contributed by atoms with Gasteiger partial charge < -0.3 is 15.5 Å². The molecule has 2 fully saturated rings. The summed E-state index contributed by atoms with van der Waals surface area (Å²) in [5.74, 6) is -1.08. The maximum absolute atomic E-state index is 12.1. The summed E-state index contributed by atoms with van der Waals surface area (Å²) in [5, 5.41) is 21.3. The molecule has 0 saturated heterocycles. The van der Waals surface area contributed by atoms with Crippen molar-refractivity contribution in [2.24, 2.45) is 17.3 Å². The average Bonchev–Trinajstić information content (AvgIpc) is 2.96. The van der Waals surface area contributed by atoms with E-state index in [-0.39, 0.29) is 29.4 Å². The topological polar surface area (TPSA) is 86.6 Å². The molecule has 98 valence electrons. The van der Waals surface area contributed by atoms with E-state index >= 15 is 0 Å². The van der Waals surface area contributed by atoms with Crippen LogP contribution in [-0.2, 0) is 9.59 Å². The summed E-state index contributed by atoms with van der Waals surface area (Å²) in [6.07, 6.45) is 5.71. The van der Waals surface area contributed by atoms with Gasteiger partial charge in [0.25, 0.3) is 0 Å². The standard InChI is InChI=1S/C13H17NO4/c15-10-6-13(5-9(10)13)12(18)14-8-3-1-2-7(4-8)11(16)17/h1,3,7-10,15H,2,4-6H2,(H,14,18)(H,16,17)/t7-,8-,9+,10+,13+/m0/s1. The Bertz CT molecular complexity index is 433. The molecule has 3 aliphatic rings. The lowest BCUT2D eigenvalue weighted by molar-refractivity contribution is -0.142. The number of aliphatic hydroxyl groups is 1. The van der Waals surface area contributed by atoms with E-state index in [0.717, 1.165) is 6.42 Å². The van der Waals surface area contributed by atoms with Crippen LogP contribution in [0.5, 0.6) is 0 Å². The van der Waals surface area contributed by atoms with Crippen LogP contribution < -0.4 is 5.32 Å². The van der Waals surface area contributed by atoms with Gasteiger partial charge in [0, 0.05) is 12.0 Å². The van der Waals surface area contributed by atoms with Crippen LogP contribution in [0.1, 0.15) is 25.7 Å². The minimum absolute atomic E-state index is 0.0153.